The molecular formula is C10H17NO2. The molecule has 0 rings (SSSR count). The SMILES string of the molecule is CCCCC/C=C/C=C(\O)C(N)=O. The molecule has 74 valence electrons. The molecule has 3 N–H and O–H groups in total. The molecule has 0 saturated carbocycles. The number of aliphatic hydroxyl groups excluding tert-OH is 1. The van der Waals surface area contributed by atoms with Crippen LogP contribution in [0.4, 0.5) is 0 Å². The van der Waals surface area contributed by atoms with E-state index in [9.17, 15) is 4.79 Å². The van der Waals surface area contributed by atoms with Crippen LogP contribution < -0.4 is 5.73 Å². The molecule has 0 aromatic rings. The van der Waals surface area contributed by atoms with Gasteiger partial charge in [-0.2, -0.15) is 0 Å². The van der Waals surface area contributed by atoms with Gasteiger partial charge in [0.2, 0.25) is 0 Å². The smallest absolute Gasteiger partial charge is 0.283 e. The Morgan fingerprint density at radius 3 is 2.69 bits per heavy atom. The average Bonchev–Trinajstić information content (AvgIpc) is 2.10. The second-order valence-electron chi connectivity index (χ2n) is 2.84. The van der Waals surface area contributed by atoms with Crippen molar-refractivity contribution in [2.45, 2.75) is 32.6 Å². The van der Waals surface area contributed by atoms with Crippen molar-refractivity contribution < 1.29 is 9.90 Å². The average molecular weight is 183 g/mol. The van der Waals surface area contributed by atoms with Crippen LogP contribution in [0.2, 0.25) is 0 Å². The first-order chi connectivity index (χ1) is 6.18. The Labute approximate surface area is 78.9 Å². The van der Waals surface area contributed by atoms with E-state index in [2.05, 4.69) is 6.92 Å². The van der Waals surface area contributed by atoms with Gasteiger partial charge in [-0.3, -0.25) is 4.79 Å². The van der Waals surface area contributed by atoms with Gasteiger partial charge in [0.05, 0.1) is 0 Å². The first kappa shape index (κ1) is 11.8. The Bertz CT molecular complexity index is 207. The van der Waals surface area contributed by atoms with Gasteiger partial charge in [0, 0.05) is 0 Å². The third-order valence-corrected chi connectivity index (χ3v) is 1.62. The lowest BCUT2D eigenvalue weighted by Crippen LogP contribution is -2.12. The zero-order valence-corrected chi connectivity index (χ0v) is 7.99. The number of aliphatic hydroxyl groups is 1. The van der Waals surface area contributed by atoms with Gasteiger partial charge in [0.15, 0.2) is 5.76 Å². The van der Waals surface area contributed by atoms with Gasteiger partial charge in [-0.1, -0.05) is 31.9 Å². The summed E-state index contributed by atoms with van der Waals surface area (Å²) in [5, 5.41) is 8.86. The van der Waals surface area contributed by atoms with Crippen LogP contribution in [0.25, 0.3) is 0 Å². The van der Waals surface area contributed by atoms with Crippen LogP contribution in [0.15, 0.2) is 24.0 Å². The number of allylic oxidation sites excluding steroid dienone is 3. The number of amides is 1. The Balaban J connectivity index is 3.62. The van der Waals surface area contributed by atoms with Gasteiger partial charge in [0.1, 0.15) is 0 Å². The molecule has 1 amide bonds. The van der Waals surface area contributed by atoms with Gasteiger partial charge in [-0.15, -0.1) is 0 Å². The van der Waals surface area contributed by atoms with Crippen LogP contribution in [0.3, 0.4) is 0 Å². The maximum Gasteiger partial charge on any atom is 0.283 e. The quantitative estimate of drug-likeness (QED) is 0.286. The van der Waals surface area contributed by atoms with E-state index in [1.54, 1.807) is 6.08 Å². The van der Waals surface area contributed by atoms with Crippen molar-refractivity contribution >= 4 is 5.91 Å². The number of nitrogens with two attached hydrogens (primary N) is 1. The fourth-order valence-electron chi connectivity index (χ4n) is 0.850. The summed E-state index contributed by atoms with van der Waals surface area (Å²) in [4.78, 5) is 10.3. The molecule has 13 heavy (non-hydrogen) atoms. The molecule has 3 heteroatoms. The molecular weight excluding hydrogens is 166 g/mol. The van der Waals surface area contributed by atoms with Crippen LogP contribution in [0.1, 0.15) is 32.6 Å². The molecule has 0 fully saturated rings. The normalized spacial score (nSPS) is 12.2. The molecule has 0 aromatic heterocycles. The molecule has 0 aromatic carbocycles. The van der Waals surface area contributed by atoms with E-state index >= 15 is 0 Å². The van der Waals surface area contributed by atoms with Crippen molar-refractivity contribution in [2.24, 2.45) is 5.73 Å². The molecule has 3 nitrogen and oxygen atoms in total. The summed E-state index contributed by atoms with van der Waals surface area (Å²) in [6, 6.07) is 0. The molecule has 0 unspecified atom stereocenters. The fraction of sp³-hybridized carbons (Fsp3) is 0.500. The third-order valence-electron chi connectivity index (χ3n) is 1.62. The number of rotatable bonds is 6. The highest BCUT2D eigenvalue weighted by Gasteiger charge is 1.96. The predicted octanol–water partition coefficient (Wildman–Crippen LogP) is 2.05. The van der Waals surface area contributed by atoms with E-state index in [4.69, 9.17) is 10.8 Å². The minimum Gasteiger partial charge on any atom is -0.503 e. The standard InChI is InChI=1S/C10H17NO2/c1-2-3-4-5-6-7-8-9(12)10(11)13/h6-8,12H,2-5H2,1H3,(H2,11,13)/b7-6+,9-8-. The number of primary amides is 1. The van der Waals surface area contributed by atoms with Crippen molar-refractivity contribution in [1.29, 1.82) is 0 Å². The lowest BCUT2D eigenvalue weighted by Gasteiger charge is -1.91. The maximum absolute atomic E-state index is 10.3. The zero-order chi connectivity index (χ0) is 10.1. The van der Waals surface area contributed by atoms with E-state index < -0.39 is 11.7 Å². The third kappa shape index (κ3) is 7.12. The molecule has 0 spiro atoms. The maximum atomic E-state index is 10.3. The molecule has 0 atom stereocenters. The van der Waals surface area contributed by atoms with Crippen LogP contribution in [-0.2, 0) is 4.79 Å². The summed E-state index contributed by atoms with van der Waals surface area (Å²) in [5.74, 6) is -1.19. The molecule has 0 aliphatic carbocycles. The van der Waals surface area contributed by atoms with Gasteiger partial charge >= 0.3 is 0 Å². The number of carbonyl (C=O) groups excluding carboxylic acids is 1. The minimum atomic E-state index is -0.793. The molecule has 0 aliphatic heterocycles. The van der Waals surface area contributed by atoms with E-state index in [1.165, 1.54) is 18.9 Å². The van der Waals surface area contributed by atoms with Gasteiger partial charge in [-0.05, 0) is 18.9 Å². The molecule has 0 radical (unpaired) electrons. The molecule has 0 heterocycles. The largest absolute Gasteiger partial charge is 0.503 e. The van der Waals surface area contributed by atoms with Crippen LogP contribution in [-0.4, -0.2) is 11.0 Å². The number of hydrogen-bond donors (Lipinski definition) is 2. The zero-order valence-electron chi connectivity index (χ0n) is 7.99. The van der Waals surface area contributed by atoms with Gasteiger partial charge in [0.25, 0.3) is 5.91 Å². The van der Waals surface area contributed by atoms with E-state index in [1.807, 2.05) is 6.08 Å². The second-order valence-corrected chi connectivity index (χ2v) is 2.84. The van der Waals surface area contributed by atoms with Crippen LogP contribution >= 0.6 is 0 Å². The molecule has 0 aliphatic rings. The Kier molecular flexibility index (Phi) is 6.69. The summed E-state index contributed by atoms with van der Waals surface area (Å²) in [6.45, 7) is 2.14. The van der Waals surface area contributed by atoms with E-state index in [0.717, 1.165) is 12.8 Å². The Hall–Kier alpha value is -1.25. The highest BCUT2D eigenvalue weighted by atomic mass is 16.3. The fourth-order valence-corrected chi connectivity index (χ4v) is 0.850. The van der Waals surface area contributed by atoms with Gasteiger partial charge in [-0.25, -0.2) is 0 Å². The summed E-state index contributed by atoms with van der Waals surface area (Å²) in [7, 11) is 0. The number of hydrogen-bond acceptors (Lipinski definition) is 2. The predicted molar refractivity (Wildman–Crippen MR) is 53.2 cm³/mol. The Morgan fingerprint density at radius 1 is 1.46 bits per heavy atom. The highest BCUT2D eigenvalue weighted by molar-refractivity contribution is 5.89. The van der Waals surface area contributed by atoms with Crippen molar-refractivity contribution in [2.75, 3.05) is 0 Å². The van der Waals surface area contributed by atoms with Crippen LogP contribution in [0, 0.1) is 0 Å². The minimum absolute atomic E-state index is 0.397. The summed E-state index contributed by atoms with van der Waals surface area (Å²) >= 11 is 0. The summed E-state index contributed by atoms with van der Waals surface area (Å²) in [6.07, 6.45) is 9.37. The van der Waals surface area contributed by atoms with Crippen molar-refractivity contribution in [3.8, 4) is 0 Å². The van der Waals surface area contributed by atoms with Gasteiger partial charge < -0.3 is 10.8 Å². The first-order valence-corrected chi connectivity index (χ1v) is 4.54. The van der Waals surface area contributed by atoms with Crippen LogP contribution in [0.5, 0.6) is 0 Å². The topological polar surface area (TPSA) is 63.3 Å². The van der Waals surface area contributed by atoms with Crippen molar-refractivity contribution in [1.82, 2.24) is 0 Å². The van der Waals surface area contributed by atoms with E-state index in [-0.39, 0.29) is 0 Å². The van der Waals surface area contributed by atoms with Crippen molar-refractivity contribution in [3.05, 3.63) is 24.0 Å². The molecule has 0 bridgehead atoms. The van der Waals surface area contributed by atoms with E-state index in [0.29, 0.717) is 0 Å². The number of carbonyl (C=O) groups is 1. The van der Waals surface area contributed by atoms with Crippen molar-refractivity contribution in [3.63, 3.8) is 0 Å². The summed E-state index contributed by atoms with van der Waals surface area (Å²) in [5.41, 5.74) is 4.81. The lowest BCUT2D eigenvalue weighted by molar-refractivity contribution is -0.116. The lowest BCUT2D eigenvalue weighted by atomic mass is 10.2. The monoisotopic (exact) mass is 183 g/mol. The number of unbranched alkanes of at least 4 members (excludes halogenated alkanes) is 3. The first-order valence-electron chi connectivity index (χ1n) is 4.54. The summed E-state index contributed by atoms with van der Waals surface area (Å²) < 4.78 is 0. The highest BCUT2D eigenvalue weighted by Crippen LogP contribution is 1.99. The Morgan fingerprint density at radius 2 is 2.15 bits per heavy atom. The second kappa shape index (κ2) is 7.40. The molecule has 0 saturated heterocycles.